The number of nitrogens with zero attached hydrogens (tertiary/aromatic N) is 1. The molecule has 0 fully saturated rings. The summed E-state index contributed by atoms with van der Waals surface area (Å²) in [5.74, 6) is 1.01. The Morgan fingerprint density at radius 2 is 1.77 bits per heavy atom. The van der Waals surface area contributed by atoms with Crippen LogP contribution < -0.4 is 25.0 Å². The Hall–Kier alpha value is -4.01. The molecule has 0 heterocycles. The number of amides is 2. The fourth-order valence-electron chi connectivity index (χ4n) is 4.33. The number of aryl methyl sites for hydroxylation is 1. The fraction of sp³-hybridized carbons (Fsp3) is 0.324. The summed E-state index contributed by atoms with van der Waals surface area (Å²) in [6, 6.07) is 15.5. The van der Waals surface area contributed by atoms with Crippen molar-refractivity contribution >= 4 is 41.2 Å². The van der Waals surface area contributed by atoms with Crippen LogP contribution in [0.5, 0.6) is 17.2 Å². The van der Waals surface area contributed by atoms with Crippen molar-refractivity contribution in [3.8, 4) is 17.2 Å². The first-order valence-electron chi connectivity index (χ1n) is 14.4. The van der Waals surface area contributed by atoms with Crippen LogP contribution >= 0.6 is 23.2 Å². The van der Waals surface area contributed by atoms with E-state index in [1.807, 2.05) is 58.0 Å². The van der Waals surface area contributed by atoms with Crippen molar-refractivity contribution in [3.63, 3.8) is 0 Å². The van der Waals surface area contributed by atoms with Gasteiger partial charge < -0.3 is 19.5 Å². The number of hydrogen-bond acceptors (Lipinski definition) is 6. The highest BCUT2D eigenvalue weighted by Gasteiger charge is 2.22. The second kappa shape index (κ2) is 17.3. The molecule has 3 rings (SSSR count). The molecule has 3 aromatic rings. The molecule has 44 heavy (non-hydrogen) atoms. The molecule has 2 N–H and O–H groups in total. The van der Waals surface area contributed by atoms with Crippen molar-refractivity contribution in [2.24, 2.45) is 11.0 Å². The molecular weight excluding hydrogens is 601 g/mol. The average Bonchev–Trinajstić information content (AvgIpc) is 2.97. The Bertz CT molecular complexity index is 1480. The molecule has 3 aromatic carbocycles. The van der Waals surface area contributed by atoms with Gasteiger partial charge in [-0.15, -0.1) is 6.58 Å². The molecule has 10 heteroatoms. The van der Waals surface area contributed by atoms with Crippen molar-refractivity contribution in [1.82, 2.24) is 10.7 Å². The number of benzene rings is 3. The Labute approximate surface area is 269 Å². The molecular formula is C34H39Cl2N3O5. The second-order valence-corrected chi connectivity index (χ2v) is 11.3. The van der Waals surface area contributed by atoms with Gasteiger partial charge in [-0.2, -0.15) is 5.10 Å². The predicted octanol–water partition coefficient (Wildman–Crippen LogP) is 7.07. The van der Waals surface area contributed by atoms with Crippen LogP contribution in [0.1, 0.15) is 49.4 Å². The third kappa shape index (κ3) is 10.6. The Balaban J connectivity index is 1.71. The molecule has 0 aromatic heterocycles. The van der Waals surface area contributed by atoms with Crippen LogP contribution in [0.25, 0.3) is 0 Å². The van der Waals surface area contributed by atoms with E-state index in [0.29, 0.717) is 52.3 Å². The van der Waals surface area contributed by atoms with E-state index in [4.69, 9.17) is 37.4 Å². The lowest BCUT2D eigenvalue weighted by molar-refractivity contribution is -0.130. The van der Waals surface area contributed by atoms with Crippen LogP contribution in [0.2, 0.25) is 10.0 Å². The van der Waals surface area contributed by atoms with Crippen LogP contribution in [0, 0.1) is 12.8 Å². The molecule has 0 spiro atoms. The van der Waals surface area contributed by atoms with Gasteiger partial charge in [-0.1, -0.05) is 67.4 Å². The van der Waals surface area contributed by atoms with Crippen LogP contribution in [0.4, 0.5) is 0 Å². The molecule has 0 aliphatic rings. The minimum Gasteiger partial charge on any atom is -0.490 e. The fourth-order valence-corrected chi connectivity index (χ4v) is 4.79. The Morgan fingerprint density at radius 3 is 2.45 bits per heavy atom. The number of nitrogens with one attached hydrogen (secondary N) is 2. The number of carbonyl (C=O) groups excluding carboxylic acids is 2. The third-order valence-electron chi connectivity index (χ3n) is 6.40. The zero-order valence-corrected chi connectivity index (χ0v) is 27.0. The van der Waals surface area contributed by atoms with Crippen LogP contribution in [-0.2, 0) is 22.6 Å². The number of hydrazone groups is 1. The molecule has 234 valence electrons. The quantitative estimate of drug-likeness (QED) is 0.0992. The number of halogens is 2. The normalized spacial score (nSPS) is 11.7. The molecule has 8 nitrogen and oxygen atoms in total. The van der Waals surface area contributed by atoms with E-state index in [-0.39, 0.29) is 19.1 Å². The highest BCUT2D eigenvalue weighted by molar-refractivity contribution is 6.35. The number of para-hydroxylation sites is 1. The van der Waals surface area contributed by atoms with E-state index in [0.717, 1.165) is 16.7 Å². The van der Waals surface area contributed by atoms with Crippen molar-refractivity contribution in [3.05, 3.63) is 99.6 Å². The average molecular weight is 641 g/mol. The monoisotopic (exact) mass is 639 g/mol. The standard InChI is InChI=1S/C34H39Cl2N3O5/c1-6-10-25-16-24(17-31(42-7-2)33(25)44-20-26-13-14-27(35)18-28(26)36)19-37-39-34(41)29(15-22(3)4)38-32(40)21-43-30-12-9-8-11-23(30)5/h6,8-9,11-14,16-19,22,29H,1,7,10,15,20-21H2,2-5H3,(H,38,40)(H,39,41)/b37-19-/t29-/m1/s1. The highest BCUT2D eigenvalue weighted by Crippen LogP contribution is 2.35. The van der Waals surface area contributed by atoms with E-state index in [1.54, 1.807) is 30.3 Å². The van der Waals surface area contributed by atoms with Gasteiger partial charge in [0.25, 0.3) is 11.8 Å². The van der Waals surface area contributed by atoms with Crippen molar-refractivity contribution in [2.75, 3.05) is 13.2 Å². The molecule has 0 unspecified atom stereocenters. The van der Waals surface area contributed by atoms with E-state index < -0.39 is 17.9 Å². The Kier molecular flexibility index (Phi) is 13.6. The first-order valence-corrected chi connectivity index (χ1v) is 15.1. The highest BCUT2D eigenvalue weighted by atomic mass is 35.5. The summed E-state index contributed by atoms with van der Waals surface area (Å²) in [5.41, 5.74) is 5.75. The lowest BCUT2D eigenvalue weighted by Crippen LogP contribution is -2.47. The third-order valence-corrected chi connectivity index (χ3v) is 6.99. The lowest BCUT2D eigenvalue weighted by Gasteiger charge is -2.19. The smallest absolute Gasteiger partial charge is 0.262 e. The lowest BCUT2D eigenvalue weighted by atomic mass is 10.0. The van der Waals surface area contributed by atoms with E-state index >= 15 is 0 Å². The number of rotatable bonds is 16. The number of allylic oxidation sites excluding steroid dienone is 1. The summed E-state index contributed by atoms with van der Waals surface area (Å²) in [6.45, 7) is 12.0. The van der Waals surface area contributed by atoms with Gasteiger partial charge in [0.05, 0.1) is 12.8 Å². The van der Waals surface area contributed by atoms with Crippen LogP contribution in [0.15, 0.2) is 72.4 Å². The van der Waals surface area contributed by atoms with Crippen molar-refractivity contribution < 1.29 is 23.8 Å². The summed E-state index contributed by atoms with van der Waals surface area (Å²) in [4.78, 5) is 25.7. The molecule has 0 aliphatic heterocycles. The maximum Gasteiger partial charge on any atom is 0.262 e. The summed E-state index contributed by atoms with van der Waals surface area (Å²) in [7, 11) is 0. The van der Waals surface area contributed by atoms with Gasteiger partial charge >= 0.3 is 0 Å². The van der Waals surface area contributed by atoms with Gasteiger partial charge in [0.1, 0.15) is 18.4 Å². The first-order chi connectivity index (χ1) is 21.1. The van der Waals surface area contributed by atoms with E-state index in [9.17, 15) is 9.59 Å². The van der Waals surface area contributed by atoms with E-state index in [2.05, 4.69) is 22.4 Å². The van der Waals surface area contributed by atoms with Crippen LogP contribution in [0.3, 0.4) is 0 Å². The maximum absolute atomic E-state index is 13.0. The predicted molar refractivity (Wildman–Crippen MR) is 176 cm³/mol. The SMILES string of the molecule is C=CCc1cc(/C=N\NC(=O)[C@@H](CC(C)C)NC(=O)COc2ccccc2C)cc(OCC)c1OCc1ccc(Cl)cc1Cl. The van der Waals surface area contributed by atoms with Gasteiger partial charge in [0, 0.05) is 21.2 Å². The van der Waals surface area contributed by atoms with Gasteiger partial charge in [-0.3, -0.25) is 9.59 Å². The van der Waals surface area contributed by atoms with Gasteiger partial charge in [-0.05, 0) is 74.1 Å². The molecule has 0 saturated carbocycles. The molecule has 0 radical (unpaired) electrons. The maximum atomic E-state index is 13.0. The Morgan fingerprint density at radius 1 is 1.00 bits per heavy atom. The molecule has 0 aliphatic carbocycles. The molecule has 1 atom stereocenters. The molecule has 2 amide bonds. The van der Waals surface area contributed by atoms with Crippen molar-refractivity contribution in [2.45, 2.75) is 53.2 Å². The van der Waals surface area contributed by atoms with Crippen LogP contribution in [-0.4, -0.2) is 37.3 Å². The van der Waals surface area contributed by atoms with Gasteiger partial charge in [-0.25, -0.2) is 5.43 Å². The molecule has 0 saturated heterocycles. The zero-order valence-electron chi connectivity index (χ0n) is 25.5. The number of ether oxygens (including phenoxy) is 3. The van der Waals surface area contributed by atoms with E-state index in [1.165, 1.54) is 6.21 Å². The summed E-state index contributed by atoms with van der Waals surface area (Å²) >= 11 is 12.4. The first kappa shape index (κ1) is 34.5. The topological polar surface area (TPSA) is 98.3 Å². The van der Waals surface area contributed by atoms with Gasteiger partial charge in [0.15, 0.2) is 18.1 Å². The minimum atomic E-state index is -0.786. The summed E-state index contributed by atoms with van der Waals surface area (Å²) in [5, 5.41) is 7.98. The second-order valence-electron chi connectivity index (χ2n) is 10.5. The summed E-state index contributed by atoms with van der Waals surface area (Å²) < 4.78 is 17.7. The number of hydrogen-bond donors (Lipinski definition) is 2. The number of carbonyl (C=O) groups is 2. The summed E-state index contributed by atoms with van der Waals surface area (Å²) in [6.07, 6.45) is 4.21. The van der Waals surface area contributed by atoms with Gasteiger partial charge in [0.2, 0.25) is 0 Å². The minimum absolute atomic E-state index is 0.151. The zero-order chi connectivity index (χ0) is 32.1. The van der Waals surface area contributed by atoms with Crippen molar-refractivity contribution in [1.29, 1.82) is 0 Å². The largest absolute Gasteiger partial charge is 0.490 e. The molecule has 0 bridgehead atoms.